The van der Waals surface area contributed by atoms with Gasteiger partial charge in [0.15, 0.2) is 11.8 Å². The maximum atomic E-state index is 10.7. The van der Waals surface area contributed by atoms with Gasteiger partial charge in [0.1, 0.15) is 17.3 Å². The molecule has 31 heavy (non-hydrogen) atoms. The van der Waals surface area contributed by atoms with E-state index in [0.29, 0.717) is 28.9 Å². The number of fused-ring (bicyclic) bond motifs is 1. The Morgan fingerprint density at radius 3 is 2.58 bits per heavy atom. The van der Waals surface area contributed by atoms with E-state index in [4.69, 9.17) is 9.47 Å². The zero-order valence-corrected chi connectivity index (χ0v) is 19.1. The van der Waals surface area contributed by atoms with Gasteiger partial charge in [-0.2, -0.15) is 5.10 Å². The van der Waals surface area contributed by atoms with Crippen molar-refractivity contribution in [1.82, 2.24) is 25.4 Å². The number of hydrogen-bond acceptors (Lipinski definition) is 6. The number of aliphatic hydroxyl groups excluding tert-OH is 1. The normalized spacial score (nSPS) is 17.3. The first kappa shape index (κ1) is 22.9. The number of methoxy groups -OCH3 is 2. The van der Waals surface area contributed by atoms with E-state index in [1.54, 1.807) is 32.4 Å². The van der Waals surface area contributed by atoms with Gasteiger partial charge < -0.3 is 25.2 Å². The number of rotatable bonds is 8. The summed E-state index contributed by atoms with van der Waals surface area (Å²) < 4.78 is 12.6. The number of nitrogens with one attached hydrogen (secondary N) is 2. The summed E-state index contributed by atoms with van der Waals surface area (Å²) in [7, 11) is 3.18. The molecule has 1 aliphatic heterocycles. The molecule has 1 aromatic carbocycles. The molecule has 170 valence electrons. The molecule has 9 nitrogen and oxygen atoms in total. The molecule has 0 bridgehead atoms. The second-order valence-corrected chi connectivity index (χ2v) is 7.98. The number of hydrogen-bond donors (Lipinski definition) is 3. The maximum Gasteiger partial charge on any atom is 0.191 e. The minimum atomic E-state index is -0.777. The van der Waals surface area contributed by atoms with Gasteiger partial charge in [-0.1, -0.05) is 13.8 Å². The van der Waals surface area contributed by atoms with Crippen LogP contribution in [-0.4, -0.2) is 59.2 Å². The van der Waals surface area contributed by atoms with E-state index < -0.39 is 6.10 Å². The minimum absolute atomic E-state index is 0.195. The first-order valence-corrected chi connectivity index (χ1v) is 10.8. The molecule has 1 aromatic heterocycles. The first-order valence-electron chi connectivity index (χ1n) is 10.8. The molecule has 0 radical (unpaired) electrons. The van der Waals surface area contributed by atoms with Crippen molar-refractivity contribution in [2.75, 3.05) is 27.3 Å². The van der Waals surface area contributed by atoms with Gasteiger partial charge in [0.2, 0.25) is 0 Å². The van der Waals surface area contributed by atoms with Crippen LogP contribution in [0.5, 0.6) is 11.5 Å². The van der Waals surface area contributed by atoms with E-state index in [9.17, 15) is 5.11 Å². The number of ether oxygens (including phenoxy) is 2. The largest absolute Gasteiger partial charge is 0.497 e. The van der Waals surface area contributed by atoms with Crippen LogP contribution < -0.4 is 20.1 Å². The maximum absolute atomic E-state index is 10.7. The number of aliphatic hydroxyl groups is 1. The van der Waals surface area contributed by atoms with Crippen molar-refractivity contribution in [3.05, 3.63) is 35.4 Å². The van der Waals surface area contributed by atoms with Crippen LogP contribution in [0.4, 0.5) is 0 Å². The van der Waals surface area contributed by atoms with Crippen LogP contribution in [0, 0.1) is 0 Å². The van der Waals surface area contributed by atoms with Crippen LogP contribution in [0.25, 0.3) is 0 Å². The number of aromatic nitrogens is 3. The lowest BCUT2D eigenvalue weighted by Crippen LogP contribution is -2.47. The number of aliphatic imine (C=N–C) groups is 1. The molecule has 0 saturated carbocycles. The second-order valence-electron chi connectivity index (χ2n) is 7.98. The third kappa shape index (κ3) is 5.88. The molecule has 0 saturated heterocycles. The van der Waals surface area contributed by atoms with E-state index in [0.717, 1.165) is 37.6 Å². The van der Waals surface area contributed by atoms with Crippen molar-refractivity contribution in [3.8, 4) is 11.5 Å². The Hall–Kier alpha value is -2.81. The predicted octanol–water partition coefficient (Wildman–Crippen LogP) is 2.02. The lowest BCUT2D eigenvalue weighted by Gasteiger charge is -2.25. The molecule has 2 heterocycles. The molecule has 3 N–H and O–H groups in total. The van der Waals surface area contributed by atoms with Crippen LogP contribution in [-0.2, 0) is 13.0 Å². The molecule has 3 rings (SSSR count). The number of guanidine groups is 1. The molecular weight excluding hydrogens is 396 g/mol. The summed E-state index contributed by atoms with van der Waals surface area (Å²) in [5.41, 5.74) is 0.696. The van der Waals surface area contributed by atoms with Gasteiger partial charge in [-0.05, 0) is 31.0 Å². The Morgan fingerprint density at radius 2 is 1.97 bits per heavy atom. The van der Waals surface area contributed by atoms with Gasteiger partial charge >= 0.3 is 0 Å². The Kier molecular flexibility index (Phi) is 7.73. The number of nitrogens with zero attached hydrogens (tertiary/aromatic N) is 4. The highest BCUT2D eigenvalue weighted by Crippen LogP contribution is 2.26. The van der Waals surface area contributed by atoms with Gasteiger partial charge in [0, 0.05) is 31.0 Å². The van der Waals surface area contributed by atoms with E-state index in [2.05, 4.69) is 39.6 Å². The van der Waals surface area contributed by atoms with Gasteiger partial charge in [-0.15, -0.1) is 0 Å². The lowest BCUT2D eigenvalue weighted by atomic mass is 10.1. The predicted molar refractivity (Wildman–Crippen MR) is 120 cm³/mol. The summed E-state index contributed by atoms with van der Waals surface area (Å²) >= 11 is 0. The number of aryl methyl sites for hydroxylation is 1. The molecule has 2 unspecified atom stereocenters. The Morgan fingerprint density at radius 1 is 1.26 bits per heavy atom. The van der Waals surface area contributed by atoms with Crippen LogP contribution >= 0.6 is 0 Å². The molecule has 9 heteroatoms. The summed E-state index contributed by atoms with van der Waals surface area (Å²) in [4.78, 5) is 9.25. The van der Waals surface area contributed by atoms with Gasteiger partial charge in [0.05, 0.1) is 33.4 Å². The average molecular weight is 431 g/mol. The van der Waals surface area contributed by atoms with Crippen LogP contribution in [0.3, 0.4) is 0 Å². The summed E-state index contributed by atoms with van der Waals surface area (Å²) in [6.45, 7) is 7.92. The van der Waals surface area contributed by atoms with Crippen LogP contribution in [0.15, 0.2) is 23.2 Å². The quantitative estimate of drug-likeness (QED) is 0.435. The SMILES string of the molecule is CCNC(=NCC(O)c1cc(OC)cc(OC)c1)NC1CCc2nc(C(C)C)nn2C1. The molecule has 0 amide bonds. The highest BCUT2D eigenvalue weighted by Gasteiger charge is 2.23. The lowest BCUT2D eigenvalue weighted by molar-refractivity contribution is 0.186. The number of benzene rings is 1. The molecule has 2 aromatic rings. The second kappa shape index (κ2) is 10.5. The minimum Gasteiger partial charge on any atom is -0.497 e. The molecule has 1 aliphatic rings. The van der Waals surface area contributed by atoms with E-state index >= 15 is 0 Å². The zero-order chi connectivity index (χ0) is 22.4. The smallest absolute Gasteiger partial charge is 0.191 e. The molecular formula is C22H34N6O3. The Balaban J connectivity index is 1.66. The highest BCUT2D eigenvalue weighted by atomic mass is 16.5. The summed E-state index contributed by atoms with van der Waals surface area (Å²) in [6.07, 6.45) is 1.06. The van der Waals surface area contributed by atoms with E-state index in [1.807, 2.05) is 11.6 Å². The zero-order valence-electron chi connectivity index (χ0n) is 19.1. The van der Waals surface area contributed by atoms with E-state index in [-0.39, 0.29) is 12.6 Å². The molecule has 0 fully saturated rings. The fourth-order valence-electron chi connectivity index (χ4n) is 3.51. The van der Waals surface area contributed by atoms with Crippen LogP contribution in [0.1, 0.15) is 56.4 Å². The van der Waals surface area contributed by atoms with Gasteiger partial charge in [0.25, 0.3) is 0 Å². The van der Waals surface area contributed by atoms with Gasteiger partial charge in [-0.25, -0.2) is 9.67 Å². The van der Waals surface area contributed by atoms with Crippen molar-refractivity contribution >= 4 is 5.96 Å². The third-order valence-corrected chi connectivity index (χ3v) is 5.26. The third-order valence-electron chi connectivity index (χ3n) is 5.26. The molecule has 0 aliphatic carbocycles. The van der Waals surface area contributed by atoms with Crippen molar-refractivity contribution < 1.29 is 14.6 Å². The fourth-order valence-corrected chi connectivity index (χ4v) is 3.51. The highest BCUT2D eigenvalue weighted by molar-refractivity contribution is 5.80. The summed E-state index contributed by atoms with van der Waals surface area (Å²) in [5.74, 6) is 4.20. The first-order chi connectivity index (χ1) is 14.9. The van der Waals surface area contributed by atoms with Crippen molar-refractivity contribution in [3.63, 3.8) is 0 Å². The fraction of sp³-hybridized carbons (Fsp3) is 0.591. The van der Waals surface area contributed by atoms with Crippen molar-refractivity contribution in [2.45, 2.75) is 58.2 Å². The van der Waals surface area contributed by atoms with Crippen molar-refractivity contribution in [2.24, 2.45) is 4.99 Å². The molecule has 2 atom stereocenters. The van der Waals surface area contributed by atoms with Crippen molar-refractivity contribution in [1.29, 1.82) is 0 Å². The van der Waals surface area contributed by atoms with Gasteiger partial charge in [-0.3, -0.25) is 4.99 Å². The monoisotopic (exact) mass is 430 g/mol. The topological polar surface area (TPSA) is 106 Å². The summed E-state index contributed by atoms with van der Waals surface area (Å²) in [5, 5.41) is 22.1. The average Bonchev–Trinajstić information content (AvgIpc) is 3.20. The Bertz CT molecular complexity index is 873. The summed E-state index contributed by atoms with van der Waals surface area (Å²) in [6, 6.07) is 5.56. The molecule has 0 spiro atoms. The Labute approximate surface area is 183 Å². The standard InChI is InChI=1S/C22H34N6O3/c1-6-23-22(24-12-19(29)15-9-17(30-4)11-18(10-15)31-5)25-16-7-8-20-26-21(14(2)3)27-28(20)13-16/h9-11,14,16,19,29H,6-8,12-13H2,1-5H3,(H2,23,24,25). The van der Waals surface area contributed by atoms with E-state index in [1.165, 1.54) is 0 Å². The van der Waals surface area contributed by atoms with Crippen LogP contribution in [0.2, 0.25) is 0 Å².